The van der Waals surface area contributed by atoms with E-state index in [9.17, 15) is 14.4 Å². The van der Waals surface area contributed by atoms with E-state index in [2.05, 4.69) is 18.7 Å². The van der Waals surface area contributed by atoms with E-state index in [1.807, 2.05) is 0 Å². The van der Waals surface area contributed by atoms with Crippen LogP contribution in [0.4, 0.5) is 4.79 Å². The van der Waals surface area contributed by atoms with Gasteiger partial charge in [0.2, 0.25) is 5.91 Å². The summed E-state index contributed by atoms with van der Waals surface area (Å²) in [5.41, 5.74) is 5.06. The molecule has 8 nitrogen and oxygen atoms in total. The number of piperazine rings is 1. The molecule has 0 spiro atoms. The van der Waals surface area contributed by atoms with Gasteiger partial charge in [0.05, 0.1) is 0 Å². The van der Waals surface area contributed by atoms with E-state index < -0.39 is 24.5 Å². The van der Waals surface area contributed by atoms with Crippen molar-refractivity contribution < 1.29 is 19.5 Å². The van der Waals surface area contributed by atoms with Crippen LogP contribution in [0, 0.1) is 0 Å². The van der Waals surface area contributed by atoms with Gasteiger partial charge >= 0.3 is 12.0 Å². The van der Waals surface area contributed by atoms with Crippen molar-refractivity contribution in [2.45, 2.75) is 26.3 Å². The summed E-state index contributed by atoms with van der Waals surface area (Å²) in [6.45, 7) is 5.90. The molecule has 0 aromatic heterocycles. The Labute approximate surface area is 124 Å². The van der Waals surface area contributed by atoms with Gasteiger partial charge in [-0.3, -0.25) is 14.5 Å². The smallest absolute Gasteiger partial charge is 0.323 e. The summed E-state index contributed by atoms with van der Waals surface area (Å²) in [4.78, 5) is 38.9. The molecule has 1 aliphatic rings. The molecule has 21 heavy (non-hydrogen) atoms. The van der Waals surface area contributed by atoms with Crippen LogP contribution in [0.15, 0.2) is 0 Å². The number of hydrogen-bond donors (Lipinski definition) is 2. The number of amides is 3. The lowest BCUT2D eigenvalue weighted by Gasteiger charge is -2.39. The normalized spacial score (nSPS) is 17.3. The molecule has 1 saturated heterocycles. The fraction of sp³-hybridized carbons (Fsp3) is 0.769. The minimum Gasteiger partial charge on any atom is -0.480 e. The van der Waals surface area contributed by atoms with Crippen molar-refractivity contribution in [3.8, 4) is 0 Å². The van der Waals surface area contributed by atoms with E-state index in [1.165, 1.54) is 0 Å². The molecule has 1 unspecified atom stereocenters. The van der Waals surface area contributed by atoms with Crippen molar-refractivity contribution in [2.75, 3.05) is 39.3 Å². The van der Waals surface area contributed by atoms with Crippen LogP contribution in [0.2, 0.25) is 0 Å². The van der Waals surface area contributed by atoms with Crippen molar-refractivity contribution >= 4 is 17.9 Å². The van der Waals surface area contributed by atoms with Gasteiger partial charge in [0.1, 0.15) is 13.1 Å². The second-order valence-corrected chi connectivity index (χ2v) is 5.28. The van der Waals surface area contributed by atoms with Crippen molar-refractivity contribution in [1.29, 1.82) is 0 Å². The lowest BCUT2D eigenvalue weighted by atomic mass is 10.2. The molecule has 1 aliphatic heterocycles. The van der Waals surface area contributed by atoms with Gasteiger partial charge < -0.3 is 20.6 Å². The Morgan fingerprint density at radius 3 is 2.19 bits per heavy atom. The predicted octanol–water partition coefficient (Wildman–Crippen LogP) is -0.606. The number of carbonyl (C=O) groups is 3. The molecule has 1 rings (SSSR count). The Balaban J connectivity index is 2.60. The largest absolute Gasteiger partial charge is 0.480 e. The molecule has 1 heterocycles. The third kappa shape index (κ3) is 5.22. The number of rotatable bonds is 6. The van der Waals surface area contributed by atoms with Crippen LogP contribution in [-0.2, 0) is 9.59 Å². The first-order valence-electron chi connectivity index (χ1n) is 7.13. The zero-order valence-electron chi connectivity index (χ0n) is 12.6. The van der Waals surface area contributed by atoms with Gasteiger partial charge in [-0.2, -0.15) is 0 Å². The Kier molecular flexibility index (Phi) is 6.41. The number of nitrogens with zero attached hydrogens (tertiary/aromatic N) is 3. The maximum Gasteiger partial charge on any atom is 0.323 e. The van der Waals surface area contributed by atoms with Crippen LogP contribution in [0.1, 0.15) is 20.3 Å². The summed E-state index contributed by atoms with van der Waals surface area (Å²) >= 11 is 0. The molecular formula is C13H24N4O4. The second kappa shape index (κ2) is 7.82. The molecule has 3 N–H and O–H groups in total. The maximum absolute atomic E-state index is 12.3. The molecule has 0 radical (unpaired) electrons. The molecule has 0 bridgehead atoms. The Morgan fingerprint density at radius 2 is 1.76 bits per heavy atom. The first-order valence-corrected chi connectivity index (χ1v) is 7.13. The highest BCUT2D eigenvalue weighted by molar-refractivity contribution is 5.86. The van der Waals surface area contributed by atoms with Gasteiger partial charge in [0.25, 0.3) is 0 Å². The predicted molar refractivity (Wildman–Crippen MR) is 76.7 cm³/mol. The summed E-state index contributed by atoms with van der Waals surface area (Å²) in [5.74, 6) is -1.88. The van der Waals surface area contributed by atoms with E-state index >= 15 is 0 Å². The van der Waals surface area contributed by atoms with Crippen LogP contribution >= 0.6 is 0 Å². The number of carboxylic acid groups (broad SMARTS) is 1. The van der Waals surface area contributed by atoms with Crippen LogP contribution in [0.3, 0.4) is 0 Å². The monoisotopic (exact) mass is 300 g/mol. The van der Waals surface area contributed by atoms with Crippen molar-refractivity contribution in [3.63, 3.8) is 0 Å². The summed E-state index contributed by atoms with van der Waals surface area (Å²) in [5, 5.41) is 8.82. The topological polar surface area (TPSA) is 107 Å². The molecule has 0 aliphatic carbocycles. The lowest BCUT2D eigenvalue weighted by molar-refractivity contribution is -0.138. The quantitative estimate of drug-likeness (QED) is 0.681. The number of carbonyl (C=O) groups excluding carboxylic acids is 2. The number of nitrogens with two attached hydrogens (primary N) is 1. The zero-order valence-corrected chi connectivity index (χ0v) is 12.6. The molecule has 0 aromatic rings. The van der Waals surface area contributed by atoms with Crippen LogP contribution < -0.4 is 5.73 Å². The summed E-state index contributed by atoms with van der Waals surface area (Å²) < 4.78 is 0. The number of urea groups is 1. The number of hydrogen-bond acceptors (Lipinski definition) is 4. The molecular weight excluding hydrogens is 276 g/mol. The fourth-order valence-electron chi connectivity index (χ4n) is 2.35. The third-order valence-corrected chi connectivity index (χ3v) is 3.74. The summed E-state index contributed by atoms with van der Waals surface area (Å²) in [6.07, 6.45) is 1.04. The van der Waals surface area contributed by atoms with Gasteiger partial charge in [-0.1, -0.05) is 6.92 Å². The van der Waals surface area contributed by atoms with E-state index in [0.717, 1.165) is 24.4 Å². The van der Waals surface area contributed by atoms with E-state index in [4.69, 9.17) is 10.8 Å². The molecule has 0 aromatic carbocycles. The highest BCUT2D eigenvalue weighted by Gasteiger charge is 2.28. The molecule has 3 amide bonds. The van der Waals surface area contributed by atoms with Crippen molar-refractivity contribution in [1.82, 2.24) is 14.7 Å². The Bertz CT molecular complexity index is 378. The molecule has 1 fully saturated rings. The van der Waals surface area contributed by atoms with Crippen molar-refractivity contribution in [3.05, 3.63) is 0 Å². The third-order valence-electron chi connectivity index (χ3n) is 3.74. The average Bonchev–Trinajstić information content (AvgIpc) is 2.44. The summed E-state index contributed by atoms with van der Waals surface area (Å²) in [7, 11) is 0. The van der Waals surface area contributed by atoms with Gasteiger partial charge in [-0.25, -0.2) is 4.79 Å². The van der Waals surface area contributed by atoms with Crippen molar-refractivity contribution in [2.24, 2.45) is 5.73 Å². The minimum atomic E-state index is -1.16. The Morgan fingerprint density at radius 1 is 1.19 bits per heavy atom. The van der Waals surface area contributed by atoms with Gasteiger partial charge in [-0.05, 0) is 13.3 Å². The molecule has 120 valence electrons. The maximum atomic E-state index is 12.3. The van der Waals surface area contributed by atoms with Gasteiger partial charge in [0.15, 0.2) is 0 Å². The van der Waals surface area contributed by atoms with Crippen LogP contribution in [0.25, 0.3) is 0 Å². The van der Waals surface area contributed by atoms with E-state index in [0.29, 0.717) is 19.1 Å². The van der Waals surface area contributed by atoms with Gasteiger partial charge in [0, 0.05) is 32.2 Å². The lowest BCUT2D eigenvalue weighted by Crippen LogP contribution is -2.56. The SMILES string of the molecule is CCC(C)N1CCN(C(=O)N(CC(N)=O)CC(=O)O)CC1. The average molecular weight is 300 g/mol. The first-order chi connectivity index (χ1) is 9.85. The molecule has 1 atom stereocenters. The minimum absolute atomic E-state index is 0.378. The Hall–Kier alpha value is -1.83. The zero-order chi connectivity index (χ0) is 16.0. The van der Waals surface area contributed by atoms with Crippen LogP contribution in [0.5, 0.6) is 0 Å². The van der Waals surface area contributed by atoms with E-state index in [1.54, 1.807) is 4.90 Å². The standard InChI is InChI=1S/C13H24N4O4/c1-3-10(2)15-4-6-16(7-5-15)13(21)17(8-11(14)18)9-12(19)20/h10H,3-9H2,1-2H3,(H2,14,18)(H,19,20). The fourth-order valence-corrected chi connectivity index (χ4v) is 2.35. The number of aliphatic carboxylic acids is 1. The highest BCUT2D eigenvalue weighted by Crippen LogP contribution is 2.10. The van der Waals surface area contributed by atoms with Gasteiger partial charge in [-0.15, -0.1) is 0 Å². The number of primary amides is 1. The van der Waals surface area contributed by atoms with E-state index in [-0.39, 0.29) is 6.54 Å². The number of carboxylic acids is 1. The molecule has 8 heteroatoms. The second-order valence-electron chi connectivity index (χ2n) is 5.28. The first kappa shape index (κ1) is 17.2. The van der Waals surface area contributed by atoms with Crippen LogP contribution in [-0.4, -0.2) is 83.0 Å². The highest BCUT2D eigenvalue weighted by atomic mass is 16.4. The summed E-state index contributed by atoms with van der Waals surface area (Å²) in [6, 6.07) is 0.0167. The molecule has 0 saturated carbocycles.